The number of rotatable bonds is 5. The van der Waals surface area contributed by atoms with Gasteiger partial charge in [0.15, 0.2) is 0 Å². The lowest BCUT2D eigenvalue weighted by Gasteiger charge is -2.06. The molecule has 1 atom stereocenters. The number of benzene rings is 2. The first-order valence-corrected chi connectivity index (χ1v) is 10.3. The summed E-state index contributed by atoms with van der Waals surface area (Å²) in [6, 6.07) is 18.4. The number of nitriles is 1. The summed E-state index contributed by atoms with van der Waals surface area (Å²) in [6.07, 6.45) is 0.614. The molecule has 2 aromatic heterocycles. The fourth-order valence-corrected chi connectivity index (χ4v) is 4.89. The van der Waals surface area contributed by atoms with Gasteiger partial charge in [0.25, 0.3) is 11.1 Å². The summed E-state index contributed by atoms with van der Waals surface area (Å²) in [5.41, 5.74) is 2.30. The monoisotopic (exact) mass is 411 g/mol. The highest BCUT2D eigenvalue weighted by atomic mass is 35.5. The molecule has 134 valence electrons. The molecular formula is C20H14ClN3OS2. The Labute approximate surface area is 169 Å². The van der Waals surface area contributed by atoms with Crippen LogP contribution in [0, 0.1) is 18.3 Å². The molecule has 0 aliphatic carbocycles. The summed E-state index contributed by atoms with van der Waals surface area (Å²) in [4.78, 5) is 0.754. The van der Waals surface area contributed by atoms with E-state index in [1.807, 2.05) is 55.5 Å². The third-order valence-corrected chi connectivity index (χ3v) is 6.65. The Bertz CT molecular complexity index is 1130. The predicted octanol–water partition coefficient (Wildman–Crippen LogP) is 6.14. The molecule has 4 rings (SSSR count). The Morgan fingerprint density at radius 3 is 2.70 bits per heavy atom. The van der Waals surface area contributed by atoms with Crippen molar-refractivity contribution < 1.29 is 4.42 Å². The lowest BCUT2D eigenvalue weighted by atomic mass is 10.1. The van der Waals surface area contributed by atoms with E-state index in [2.05, 4.69) is 16.3 Å². The first-order chi connectivity index (χ1) is 13.1. The van der Waals surface area contributed by atoms with Gasteiger partial charge in [0, 0.05) is 10.1 Å². The molecule has 0 radical (unpaired) electrons. The Balaban J connectivity index is 1.53. The third-order valence-electron chi connectivity index (χ3n) is 4.06. The normalized spacial score (nSPS) is 12.2. The third kappa shape index (κ3) is 3.86. The zero-order valence-electron chi connectivity index (χ0n) is 14.3. The molecular weight excluding hydrogens is 398 g/mol. The van der Waals surface area contributed by atoms with Crippen molar-refractivity contribution in [3.8, 4) is 16.8 Å². The summed E-state index contributed by atoms with van der Waals surface area (Å²) < 4.78 is 6.85. The number of hydrogen-bond donors (Lipinski definition) is 0. The molecule has 0 amide bonds. The molecule has 0 spiro atoms. The zero-order chi connectivity index (χ0) is 18.8. The van der Waals surface area contributed by atoms with Gasteiger partial charge in [0.1, 0.15) is 10.1 Å². The maximum Gasteiger partial charge on any atom is 0.278 e. The lowest BCUT2D eigenvalue weighted by Crippen LogP contribution is -2.03. The van der Waals surface area contributed by atoms with Crippen LogP contribution in [0.2, 0.25) is 5.02 Å². The van der Waals surface area contributed by atoms with Gasteiger partial charge < -0.3 is 4.42 Å². The van der Waals surface area contributed by atoms with Gasteiger partial charge in [-0.2, -0.15) is 5.26 Å². The van der Waals surface area contributed by atoms with Gasteiger partial charge in [-0.3, -0.25) is 0 Å². The molecule has 0 aliphatic rings. The first-order valence-electron chi connectivity index (χ1n) is 8.27. The van der Waals surface area contributed by atoms with Crippen molar-refractivity contribution in [2.45, 2.75) is 23.8 Å². The Morgan fingerprint density at radius 2 is 1.96 bits per heavy atom. The maximum absolute atomic E-state index is 9.49. The van der Waals surface area contributed by atoms with Crippen molar-refractivity contribution in [3.63, 3.8) is 0 Å². The average Bonchev–Trinajstić information content (AvgIpc) is 3.28. The van der Waals surface area contributed by atoms with Crippen molar-refractivity contribution in [2.75, 3.05) is 0 Å². The average molecular weight is 412 g/mol. The second-order valence-electron chi connectivity index (χ2n) is 6.04. The van der Waals surface area contributed by atoms with Crippen LogP contribution in [0.3, 0.4) is 0 Å². The molecule has 0 unspecified atom stereocenters. The van der Waals surface area contributed by atoms with Gasteiger partial charge in [-0.15, -0.1) is 21.5 Å². The predicted molar refractivity (Wildman–Crippen MR) is 110 cm³/mol. The van der Waals surface area contributed by atoms with E-state index < -0.39 is 0 Å². The standard InChI is InChI=1S/C20H14ClN3OS2/c1-12-6-8-13(9-7-12)10-14(11-22)26-20-24-23-19(25-20)18-17(21)15-4-2-3-5-16(15)27-18/h2-9,14H,10H2,1H3/t14-/m1/s1. The molecule has 2 heterocycles. The molecule has 0 saturated carbocycles. The van der Waals surface area contributed by atoms with Crippen LogP contribution in [0.1, 0.15) is 11.1 Å². The largest absolute Gasteiger partial charge is 0.410 e. The van der Waals surface area contributed by atoms with E-state index in [1.54, 1.807) is 0 Å². The number of aryl methyl sites for hydroxylation is 1. The van der Waals surface area contributed by atoms with Crippen LogP contribution in [0.4, 0.5) is 0 Å². The minimum Gasteiger partial charge on any atom is -0.410 e. The van der Waals surface area contributed by atoms with Crippen molar-refractivity contribution in [1.29, 1.82) is 5.26 Å². The minimum absolute atomic E-state index is 0.307. The molecule has 0 N–H and O–H groups in total. The second-order valence-corrected chi connectivity index (χ2v) is 8.62. The van der Waals surface area contributed by atoms with Crippen LogP contribution in [0.15, 0.2) is 58.2 Å². The van der Waals surface area contributed by atoms with Gasteiger partial charge in [-0.25, -0.2) is 0 Å². The number of nitrogens with zero attached hydrogens (tertiary/aromatic N) is 3. The summed E-state index contributed by atoms with van der Waals surface area (Å²) in [5.74, 6) is 0.385. The van der Waals surface area contributed by atoms with Crippen molar-refractivity contribution in [3.05, 3.63) is 64.7 Å². The number of thioether (sulfide) groups is 1. The zero-order valence-corrected chi connectivity index (χ0v) is 16.7. The molecule has 4 aromatic rings. The number of aromatic nitrogens is 2. The van der Waals surface area contributed by atoms with E-state index in [0.29, 0.717) is 22.6 Å². The summed E-state index contributed by atoms with van der Waals surface area (Å²) in [6.45, 7) is 2.04. The number of fused-ring (bicyclic) bond motifs is 1. The minimum atomic E-state index is -0.307. The van der Waals surface area contributed by atoms with Crippen molar-refractivity contribution >= 4 is 44.8 Å². The van der Waals surface area contributed by atoms with Gasteiger partial charge in [-0.05, 0) is 36.7 Å². The highest BCUT2D eigenvalue weighted by Gasteiger charge is 2.20. The Kier molecular flexibility index (Phi) is 5.17. The second kappa shape index (κ2) is 7.73. The van der Waals surface area contributed by atoms with E-state index in [4.69, 9.17) is 16.0 Å². The van der Waals surface area contributed by atoms with Crippen LogP contribution in [-0.4, -0.2) is 15.4 Å². The molecule has 4 nitrogen and oxygen atoms in total. The molecule has 2 aromatic carbocycles. The topological polar surface area (TPSA) is 62.7 Å². The van der Waals surface area contributed by atoms with E-state index in [0.717, 1.165) is 20.5 Å². The fraction of sp³-hybridized carbons (Fsp3) is 0.150. The van der Waals surface area contributed by atoms with E-state index in [9.17, 15) is 5.26 Å². The SMILES string of the molecule is Cc1ccc(C[C@H](C#N)Sc2nnc(-c3sc4ccccc4c3Cl)o2)cc1. The molecule has 27 heavy (non-hydrogen) atoms. The summed E-state index contributed by atoms with van der Waals surface area (Å²) in [5, 5.41) is 19.4. The Morgan fingerprint density at radius 1 is 1.19 bits per heavy atom. The van der Waals surface area contributed by atoms with Gasteiger partial charge >= 0.3 is 0 Å². The smallest absolute Gasteiger partial charge is 0.278 e. The van der Waals surface area contributed by atoms with E-state index >= 15 is 0 Å². The van der Waals surface area contributed by atoms with Crippen LogP contribution in [-0.2, 0) is 6.42 Å². The molecule has 0 aliphatic heterocycles. The fourth-order valence-electron chi connectivity index (χ4n) is 2.67. The number of halogens is 1. The Hall–Kier alpha value is -2.33. The maximum atomic E-state index is 9.49. The van der Waals surface area contributed by atoms with Crippen LogP contribution in [0.25, 0.3) is 20.9 Å². The highest BCUT2D eigenvalue weighted by Crippen LogP contribution is 2.42. The highest BCUT2D eigenvalue weighted by molar-refractivity contribution is 7.99. The van der Waals surface area contributed by atoms with Gasteiger partial charge in [0.2, 0.25) is 0 Å². The van der Waals surface area contributed by atoms with Crippen LogP contribution in [0.5, 0.6) is 0 Å². The van der Waals surface area contributed by atoms with Gasteiger partial charge in [-0.1, -0.05) is 59.6 Å². The summed E-state index contributed by atoms with van der Waals surface area (Å²) >= 11 is 9.27. The summed E-state index contributed by atoms with van der Waals surface area (Å²) in [7, 11) is 0. The van der Waals surface area contributed by atoms with E-state index in [-0.39, 0.29) is 5.25 Å². The first kappa shape index (κ1) is 18.1. The molecule has 0 bridgehead atoms. The molecule has 7 heteroatoms. The van der Waals surface area contributed by atoms with Crippen molar-refractivity contribution in [1.82, 2.24) is 10.2 Å². The van der Waals surface area contributed by atoms with Crippen molar-refractivity contribution in [2.24, 2.45) is 0 Å². The molecule has 0 saturated heterocycles. The van der Waals surface area contributed by atoms with Gasteiger partial charge in [0.05, 0.1) is 11.1 Å². The lowest BCUT2D eigenvalue weighted by molar-refractivity contribution is 0.466. The van der Waals surface area contributed by atoms with E-state index in [1.165, 1.54) is 28.7 Å². The van der Waals surface area contributed by atoms with Crippen LogP contribution >= 0.6 is 34.7 Å². The number of hydrogen-bond acceptors (Lipinski definition) is 6. The number of thiophene rings is 1. The quantitative estimate of drug-likeness (QED) is 0.369. The van der Waals surface area contributed by atoms with Crippen LogP contribution < -0.4 is 0 Å². The molecule has 0 fully saturated rings.